The molecule has 11 aromatic rings. The van der Waals surface area contributed by atoms with Gasteiger partial charge in [-0.25, -0.2) is 0 Å². The fourth-order valence-electron chi connectivity index (χ4n) is 8.84. The van der Waals surface area contributed by atoms with E-state index in [1.807, 2.05) is 30.6 Å². The average molecular weight is 993 g/mol. The summed E-state index contributed by atoms with van der Waals surface area (Å²) in [7, 11) is -2.39. The van der Waals surface area contributed by atoms with E-state index < -0.39 is 8.07 Å². The fourth-order valence-corrected chi connectivity index (χ4v) is 12.1. The van der Waals surface area contributed by atoms with Gasteiger partial charge in [0, 0.05) is 18.0 Å². The SMILES string of the molecule is C[Si](C)(c1[c-]c(-n2[c](=[Pt])n(-c3c(-c4ccccc4)cccc3-c3ccccc3)c3ccccc32)ccc1)c1[c-]c2c(cc1)c1ccccc1n2-c1ccc(-c2ccccn2)cn1. The van der Waals surface area contributed by atoms with E-state index in [1.165, 1.54) is 38.0 Å². The van der Waals surface area contributed by atoms with Crippen LogP contribution in [-0.2, 0) is 19.4 Å². The van der Waals surface area contributed by atoms with Crippen LogP contribution in [-0.4, -0.2) is 31.7 Å². The standard InChI is InChI=1S/C55H39N5Si.Pt/c1-61(2,44-31-32-48-47-23-9-10-27-50(47)60(53(48)36-44)54-33-30-41(37-57-54)49-26-13-14-34-56-49)43-22-15-21-42(35-43)58-38-59(52-29-12-11-28-51(52)58)55-45(39-17-5-3-6-18-39)24-16-25-46(55)40-19-7-4-8-20-40;/h3-34,37H,1-2H3;/q-2;. The zero-order valence-electron chi connectivity index (χ0n) is 34.1. The Balaban J connectivity index is 1.05. The Labute approximate surface area is 372 Å². The van der Waals surface area contributed by atoms with Gasteiger partial charge in [0.15, 0.2) is 0 Å². The van der Waals surface area contributed by atoms with Crippen molar-refractivity contribution in [3.8, 4) is 50.7 Å². The Hall–Kier alpha value is -6.98. The van der Waals surface area contributed by atoms with Crippen LogP contribution in [0.1, 0.15) is 0 Å². The maximum absolute atomic E-state index is 5.00. The van der Waals surface area contributed by atoms with Crippen molar-refractivity contribution in [3.63, 3.8) is 0 Å². The molecule has 62 heavy (non-hydrogen) atoms. The van der Waals surface area contributed by atoms with Crippen LogP contribution < -0.4 is 10.4 Å². The molecular weight excluding hydrogens is 954 g/mol. The van der Waals surface area contributed by atoms with Crippen molar-refractivity contribution in [3.05, 3.63) is 216 Å². The third-order valence-corrected chi connectivity index (χ3v) is 16.3. The zero-order valence-corrected chi connectivity index (χ0v) is 37.4. The first kappa shape index (κ1) is 38.0. The molecule has 11 rings (SSSR count). The Morgan fingerprint density at radius 2 is 1.10 bits per heavy atom. The topological polar surface area (TPSA) is 40.6 Å². The smallest absolute Gasteiger partial charge is 0.256 e. The van der Waals surface area contributed by atoms with Crippen molar-refractivity contribution in [1.82, 2.24) is 23.7 Å². The molecule has 7 heteroatoms. The molecule has 0 atom stereocenters. The molecule has 4 aromatic heterocycles. The molecule has 0 saturated heterocycles. The first-order valence-corrected chi connectivity index (χ1v) is 24.9. The number of hydrogen-bond acceptors (Lipinski definition) is 2. The molecule has 0 aliphatic rings. The molecule has 0 bridgehead atoms. The predicted octanol–water partition coefficient (Wildman–Crippen LogP) is 11.8. The molecule has 0 radical (unpaired) electrons. The normalized spacial score (nSPS) is 11.8. The van der Waals surface area contributed by atoms with Crippen LogP contribution in [0, 0.1) is 15.9 Å². The van der Waals surface area contributed by atoms with Crippen LogP contribution in [0.3, 0.4) is 0 Å². The average Bonchev–Trinajstić information content (AvgIpc) is 3.83. The molecule has 0 amide bonds. The summed E-state index contributed by atoms with van der Waals surface area (Å²) in [6, 6.07) is 74.7. The molecule has 300 valence electrons. The second kappa shape index (κ2) is 15.5. The molecule has 7 aromatic carbocycles. The van der Waals surface area contributed by atoms with Gasteiger partial charge < -0.3 is 0 Å². The summed E-state index contributed by atoms with van der Waals surface area (Å²) < 4.78 is 8.12. The minimum atomic E-state index is -2.39. The van der Waals surface area contributed by atoms with Crippen LogP contribution in [0.4, 0.5) is 0 Å². The van der Waals surface area contributed by atoms with E-state index in [2.05, 4.69) is 233 Å². The van der Waals surface area contributed by atoms with Crippen molar-refractivity contribution in [2.45, 2.75) is 13.1 Å². The van der Waals surface area contributed by atoms with Crippen LogP contribution >= 0.6 is 0 Å². The second-order valence-electron chi connectivity index (χ2n) is 16.0. The van der Waals surface area contributed by atoms with Gasteiger partial charge in [0.05, 0.1) is 5.69 Å². The van der Waals surface area contributed by atoms with Crippen molar-refractivity contribution in [2.24, 2.45) is 0 Å². The van der Waals surface area contributed by atoms with Gasteiger partial charge in [-0.05, 0) is 18.2 Å². The first-order chi connectivity index (χ1) is 30.5. The molecule has 0 N–H and O–H groups in total. The van der Waals surface area contributed by atoms with E-state index in [0.29, 0.717) is 0 Å². The number of rotatable bonds is 8. The number of pyridine rings is 2. The van der Waals surface area contributed by atoms with Gasteiger partial charge in [-0.1, -0.05) is 18.2 Å². The van der Waals surface area contributed by atoms with E-state index >= 15 is 0 Å². The third kappa shape index (κ3) is 6.37. The van der Waals surface area contributed by atoms with Crippen LogP contribution in [0.5, 0.6) is 0 Å². The Morgan fingerprint density at radius 3 is 1.77 bits per heavy atom. The molecule has 5 nitrogen and oxygen atoms in total. The summed E-state index contributed by atoms with van der Waals surface area (Å²) in [5.41, 5.74) is 13.1. The number of fused-ring (bicyclic) bond motifs is 4. The van der Waals surface area contributed by atoms with E-state index in [0.717, 1.165) is 59.7 Å². The van der Waals surface area contributed by atoms with E-state index in [9.17, 15) is 0 Å². The predicted molar refractivity (Wildman–Crippen MR) is 253 cm³/mol. The molecule has 0 aliphatic heterocycles. The summed E-state index contributed by atoms with van der Waals surface area (Å²) in [6.07, 6.45) is 3.73. The maximum atomic E-state index is 5.00. The summed E-state index contributed by atoms with van der Waals surface area (Å²) in [5, 5.41) is 4.76. The van der Waals surface area contributed by atoms with E-state index in [-0.39, 0.29) is 0 Å². The Morgan fingerprint density at radius 1 is 0.468 bits per heavy atom. The van der Waals surface area contributed by atoms with Crippen LogP contribution in [0.15, 0.2) is 200 Å². The van der Waals surface area contributed by atoms with Crippen LogP contribution in [0.2, 0.25) is 13.1 Å². The summed E-state index contributed by atoms with van der Waals surface area (Å²) in [6.45, 7) is 4.82. The summed E-state index contributed by atoms with van der Waals surface area (Å²) in [5.74, 6) is 0.851. The summed E-state index contributed by atoms with van der Waals surface area (Å²) >= 11 is 2.52. The minimum absolute atomic E-state index is 0.851. The van der Waals surface area contributed by atoms with E-state index in [4.69, 9.17) is 4.98 Å². The van der Waals surface area contributed by atoms with Crippen molar-refractivity contribution >= 4 is 51.3 Å². The van der Waals surface area contributed by atoms with Gasteiger partial charge in [-0.15, -0.1) is 0 Å². The van der Waals surface area contributed by atoms with Gasteiger partial charge in [0.1, 0.15) is 0 Å². The number of nitrogens with zero attached hydrogens (tertiary/aromatic N) is 5. The number of hydrogen-bond donors (Lipinski definition) is 0. The van der Waals surface area contributed by atoms with Gasteiger partial charge in [0.25, 0.3) is 0 Å². The quantitative estimate of drug-likeness (QED) is 0.112. The molecule has 0 aliphatic carbocycles. The van der Waals surface area contributed by atoms with Crippen molar-refractivity contribution in [1.29, 1.82) is 0 Å². The molecule has 0 spiro atoms. The van der Waals surface area contributed by atoms with Gasteiger partial charge >= 0.3 is 309 Å². The Kier molecular flexibility index (Phi) is 9.48. The van der Waals surface area contributed by atoms with Gasteiger partial charge in [-0.2, -0.15) is 0 Å². The third-order valence-electron chi connectivity index (χ3n) is 12.0. The van der Waals surface area contributed by atoms with E-state index in [1.54, 1.807) is 0 Å². The van der Waals surface area contributed by atoms with Crippen molar-refractivity contribution < 1.29 is 19.4 Å². The number of para-hydroxylation sites is 4. The Bertz CT molecular complexity index is 3440. The summed E-state index contributed by atoms with van der Waals surface area (Å²) in [4.78, 5) is 9.54. The number of aromatic nitrogens is 5. The molecule has 0 saturated carbocycles. The fraction of sp³-hybridized carbons (Fsp3) is 0.0364. The minimum Gasteiger partial charge on any atom is -0.256 e. The molecular formula is C55H39N5PtSi-2. The molecule has 0 fully saturated rings. The van der Waals surface area contributed by atoms with Gasteiger partial charge in [-0.3, -0.25) is 4.98 Å². The number of imidazole rings is 1. The monoisotopic (exact) mass is 992 g/mol. The molecule has 4 heterocycles. The molecule has 0 unspecified atom stereocenters. The first-order valence-electron chi connectivity index (χ1n) is 20.7. The van der Waals surface area contributed by atoms with Gasteiger partial charge in [0.2, 0.25) is 0 Å². The van der Waals surface area contributed by atoms with Crippen LogP contribution in [0.25, 0.3) is 83.5 Å². The zero-order chi connectivity index (χ0) is 41.8. The second-order valence-corrected chi connectivity index (χ2v) is 21.4. The number of benzene rings is 7. The van der Waals surface area contributed by atoms with Crippen molar-refractivity contribution in [2.75, 3.05) is 0 Å².